The van der Waals surface area contributed by atoms with Gasteiger partial charge in [-0.3, -0.25) is 0 Å². The zero-order chi connectivity index (χ0) is 22.5. The molecule has 0 unspecified atom stereocenters. The maximum Gasteiger partial charge on any atom is 0.208 e. The van der Waals surface area contributed by atoms with Crippen molar-refractivity contribution in [2.45, 2.75) is 37.5 Å². The van der Waals surface area contributed by atoms with Crippen molar-refractivity contribution in [3.63, 3.8) is 0 Å². The van der Waals surface area contributed by atoms with Gasteiger partial charge in [-0.05, 0) is 86.3 Å². The van der Waals surface area contributed by atoms with Crippen LogP contribution >= 0.6 is 0 Å². The molecule has 4 aromatic rings. The number of hydrogen-bond donors (Lipinski definition) is 2. The Morgan fingerprint density at radius 1 is 0.903 bits per heavy atom. The van der Waals surface area contributed by atoms with Gasteiger partial charge in [0.15, 0.2) is 0 Å². The number of nitrogens with one attached hydrogen (secondary N) is 1. The zero-order valence-corrected chi connectivity index (χ0v) is 19.1. The highest BCUT2D eigenvalue weighted by Gasteiger charge is 2.24. The van der Waals surface area contributed by atoms with E-state index in [1.165, 1.54) is 0 Å². The first-order chi connectivity index (χ1) is 14.6. The summed E-state index contributed by atoms with van der Waals surface area (Å²) in [6.45, 7) is 7.90. The Labute approximate surface area is 182 Å². The third-order valence-corrected chi connectivity index (χ3v) is 7.62. The van der Waals surface area contributed by atoms with Crippen LogP contribution in [0.1, 0.15) is 22.3 Å². The van der Waals surface area contributed by atoms with E-state index in [-0.39, 0.29) is 15.5 Å². The van der Waals surface area contributed by atoms with Crippen LogP contribution in [-0.4, -0.2) is 20.5 Å². The van der Waals surface area contributed by atoms with E-state index in [0.29, 0.717) is 0 Å². The molecule has 31 heavy (non-hydrogen) atoms. The minimum Gasteiger partial charge on any atom is -0.496 e. The smallest absolute Gasteiger partial charge is 0.208 e. The molecule has 0 aliphatic heterocycles. The number of nitrogen functional groups attached to an aromatic ring is 1. The molecule has 5 nitrogen and oxygen atoms in total. The molecule has 4 rings (SSSR count). The predicted octanol–water partition coefficient (Wildman–Crippen LogP) is 5.49. The Kier molecular flexibility index (Phi) is 5.06. The molecule has 6 heteroatoms. The number of anilines is 1. The molecule has 0 atom stereocenters. The lowest BCUT2D eigenvalue weighted by Crippen LogP contribution is -2.06. The Morgan fingerprint density at radius 3 is 2.10 bits per heavy atom. The molecule has 3 aromatic carbocycles. The van der Waals surface area contributed by atoms with Crippen LogP contribution in [0.4, 0.5) is 5.69 Å². The molecular formula is C25H26N2O3S. The van der Waals surface area contributed by atoms with E-state index in [1.807, 2.05) is 27.7 Å². The van der Waals surface area contributed by atoms with Crippen LogP contribution in [0.5, 0.6) is 5.75 Å². The van der Waals surface area contributed by atoms with Gasteiger partial charge < -0.3 is 15.5 Å². The third-order valence-electron chi connectivity index (χ3n) is 5.79. The van der Waals surface area contributed by atoms with Crippen molar-refractivity contribution >= 4 is 26.4 Å². The standard InChI is InChI=1S/C25H26N2O3S/c1-14-6-8-19(9-7-14)31(28,29)21-11-10-20-22(23(21)26)17(4)24(27-20)18-12-15(2)25(30-5)16(3)13-18/h6-13,27H,26H2,1-5H3. The van der Waals surface area contributed by atoms with E-state index in [2.05, 4.69) is 17.1 Å². The summed E-state index contributed by atoms with van der Waals surface area (Å²) in [4.78, 5) is 3.78. The number of fused-ring (bicyclic) bond motifs is 1. The summed E-state index contributed by atoms with van der Waals surface area (Å²) in [5.41, 5.74) is 13.4. The summed E-state index contributed by atoms with van der Waals surface area (Å²) in [5.74, 6) is 0.864. The molecule has 0 bridgehead atoms. The number of aromatic nitrogens is 1. The molecule has 1 heterocycles. The van der Waals surface area contributed by atoms with E-state index in [4.69, 9.17) is 10.5 Å². The number of benzene rings is 3. The fourth-order valence-electron chi connectivity index (χ4n) is 4.25. The molecule has 0 radical (unpaired) electrons. The van der Waals surface area contributed by atoms with Crippen molar-refractivity contribution in [2.75, 3.05) is 12.8 Å². The van der Waals surface area contributed by atoms with Gasteiger partial charge in [-0.1, -0.05) is 17.7 Å². The second-order valence-electron chi connectivity index (χ2n) is 7.98. The minimum absolute atomic E-state index is 0.125. The molecule has 0 fully saturated rings. The van der Waals surface area contributed by atoms with E-state index < -0.39 is 9.84 Å². The van der Waals surface area contributed by atoms with E-state index in [1.54, 1.807) is 43.5 Å². The minimum atomic E-state index is -3.73. The molecule has 0 aliphatic carbocycles. The van der Waals surface area contributed by atoms with Crippen molar-refractivity contribution in [3.8, 4) is 17.0 Å². The Bertz CT molecular complexity index is 1390. The summed E-state index contributed by atoms with van der Waals surface area (Å²) in [6.07, 6.45) is 0. The predicted molar refractivity (Wildman–Crippen MR) is 126 cm³/mol. The number of hydrogen-bond acceptors (Lipinski definition) is 4. The van der Waals surface area contributed by atoms with Gasteiger partial charge in [-0.2, -0.15) is 0 Å². The lowest BCUT2D eigenvalue weighted by molar-refractivity contribution is 0.408. The molecule has 0 amide bonds. The van der Waals surface area contributed by atoms with E-state index in [9.17, 15) is 8.42 Å². The molecule has 0 aliphatic rings. The van der Waals surface area contributed by atoms with Gasteiger partial charge >= 0.3 is 0 Å². The van der Waals surface area contributed by atoms with Gasteiger partial charge in [0.05, 0.1) is 22.6 Å². The van der Waals surface area contributed by atoms with Crippen LogP contribution in [0.3, 0.4) is 0 Å². The molecule has 1 aromatic heterocycles. The van der Waals surface area contributed by atoms with Crippen LogP contribution < -0.4 is 10.5 Å². The van der Waals surface area contributed by atoms with Crippen molar-refractivity contribution in [1.82, 2.24) is 4.98 Å². The highest BCUT2D eigenvalue weighted by molar-refractivity contribution is 7.91. The zero-order valence-electron chi connectivity index (χ0n) is 18.3. The van der Waals surface area contributed by atoms with Crippen molar-refractivity contribution in [2.24, 2.45) is 0 Å². The maximum absolute atomic E-state index is 13.3. The van der Waals surface area contributed by atoms with E-state index >= 15 is 0 Å². The summed E-state index contributed by atoms with van der Waals surface area (Å²) in [7, 11) is -2.06. The lowest BCUT2D eigenvalue weighted by Gasteiger charge is -2.11. The van der Waals surface area contributed by atoms with Crippen molar-refractivity contribution < 1.29 is 13.2 Å². The van der Waals surface area contributed by atoms with Crippen molar-refractivity contribution in [1.29, 1.82) is 0 Å². The molecule has 3 N–H and O–H groups in total. The number of rotatable bonds is 4. The van der Waals surface area contributed by atoms with Gasteiger partial charge in [0.25, 0.3) is 0 Å². The van der Waals surface area contributed by atoms with Gasteiger partial charge in [0.1, 0.15) is 5.75 Å². The van der Waals surface area contributed by atoms with Gasteiger partial charge in [-0.15, -0.1) is 0 Å². The number of ether oxygens (including phenoxy) is 1. The molecule has 0 spiro atoms. The first kappa shape index (κ1) is 21.0. The lowest BCUT2D eigenvalue weighted by atomic mass is 10.0. The normalized spacial score (nSPS) is 11.8. The monoisotopic (exact) mass is 434 g/mol. The first-order valence-electron chi connectivity index (χ1n) is 10.0. The Hall–Kier alpha value is -3.25. The highest BCUT2D eigenvalue weighted by atomic mass is 32.2. The van der Waals surface area contributed by atoms with Crippen LogP contribution in [0.2, 0.25) is 0 Å². The summed E-state index contributed by atoms with van der Waals surface area (Å²) < 4.78 is 32.0. The van der Waals surface area contributed by atoms with Gasteiger partial charge in [0.2, 0.25) is 9.84 Å². The summed E-state index contributed by atoms with van der Waals surface area (Å²) in [5, 5.41) is 0.731. The topological polar surface area (TPSA) is 85.2 Å². The van der Waals surface area contributed by atoms with Crippen LogP contribution in [0.15, 0.2) is 58.3 Å². The fraction of sp³-hybridized carbons (Fsp3) is 0.200. The number of nitrogens with two attached hydrogens (primary N) is 1. The average molecular weight is 435 g/mol. The number of sulfone groups is 1. The molecular weight excluding hydrogens is 408 g/mol. The van der Waals surface area contributed by atoms with Crippen LogP contribution in [-0.2, 0) is 9.84 Å². The largest absolute Gasteiger partial charge is 0.496 e. The number of methoxy groups -OCH3 is 1. The van der Waals surface area contributed by atoms with Crippen molar-refractivity contribution in [3.05, 3.63) is 70.8 Å². The van der Waals surface area contributed by atoms with Crippen LogP contribution in [0, 0.1) is 27.7 Å². The second-order valence-corrected chi connectivity index (χ2v) is 9.90. The fourth-order valence-corrected chi connectivity index (χ4v) is 5.63. The Morgan fingerprint density at radius 2 is 1.52 bits per heavy atom. The average Bonchev–Trinajstić information content (AvgIpc) is 3.05. The van der Waals surface area contributed by atoms with Crippen LogP contribution in [0.25, 0.3) is 22.2 Å². The number of H-pyrrole nitrogens is 1. The van der Waals surface area contributed by atoms with Gasteiger partial charge in [0, 0.05) is 16.6 Å². The molecule has 0 saturated carbocycles. The number of aryl methyl sites for hydroxylation is 4. The highest BCUT2D eigenvalue weighted by Crippen LogP contribution is 2.39. The van der Waals surface area contributed by atoms with E-state index in [0.717, 1.165) is 50.2 Å². The molecule has 0 saturated heterocycles. The summed E-state index contributed by atoms with van der Waals surface area (Å²) in [6, 6.07) is 14.3. The second kappa shape index (κ2) is 7.46. The quantitative estimate of drug-likeness (QED) is 0.416. The van der Waals surface area contributed by atoms with Gasteiger partial charge in [-0.25, -0.2) is 8.42 Å². The molecule has 160 valence electrons. The maximum atomic E-state index is 13.3. The number of aromatic amines is 1. The first-order valence-corrected chi connectivity index (χ1v) is 11.5. The Balaban J connectivity index is 1.91. The summed E-state index contributed by atoms with van der Waals surface area (Å²) >= 11 is 0. The third kappa shape index (κ3) is 3.37. The SMILES string of the molecule is COc1c(C)cc(-c2[nH]c3ccc(S(=O)(=O)c4ccc(C)cc4)c(N)c3c2C)cc1C.